The number of nitrogens with zero attached hydrogens (tertiary/aromatic N) is 3. The Bertz CT molecular complexity index is 840. The van der Waals surface area contributed by atoms with Crippen LogP contribution in [0.25, 0.3) is 5.65 Å². The maximum Gasteiger partial charge on any atom is 0.161 e. The molecular weight excluding hydrogens is 378 g/mol. The largest absolute Gasteiger partial charge is 0.381 e. The summed E-state index contributed by atoms with van der Waals surface area (Å²) in [4.78, 5) is 8.71. The lowest BCUT2D eigenvalue weighted by atomic mass is 9.95. The number of halogens is 1. The van der Waals surface area contributed by atoms with E-state index < -0.39 is 0 Å². The van der Waals surface area contributed by atoms with Crippen molar-refractivity contribution in [3.8, 4) is 0 Å². The van der Waals surface area contributed by atoms with Crippen molar-refractivity contribution in [1.82, 2.24) is 14.4 Å². The second-order valence-electron chi connectivity index (χ2n) is 6.61. The van der Waals surface area contributed by atoms with Gasteiger partial charge in [-0.05, 0) is 46.5 Å². The van der Waals surface area contributed by atoms with Crippen LogP contribution in [0.3, 0.4) is 0 Å². The van der Waals surface area contributed by atoms with Crippen LogP contribution in [0.1, 0.15) is 37.7 Å². The summed E-state index contributed by atoms with van der Waals surface area (Å²) in [5.74, 6) is 0. The molecular formula is C19H22BrN5. The normalized spacial score (nSPS) is 15.4. The van der Waals surface area contributed by atoms with Crippen molar-refractivity contribution in [1.29, 1.82) is 0 Å². The molecule has 6 heteroatoms. The summed E-state index contributed by atoms with van der Waals surface area (Å²) in [6, 6.07) is 6.77. The van der Waals surface area contributed by atoms with Gasteiger partial charge in [0.25, 0.3) is 0 Å². The number of hydrogen-bond acceptors (Lipinski definition) is 4. The Morgan fingerprint density at radius 3 is 2.88 bits per heavy atom. The second-order valence-corrected chi connectivity index (χ2v) is 7.42. The fourth-order valence-corrected chi connectivity index (χ4v) is 3.82. The van der Waals surface area contributed by atoms with E-state index in [0.717, 1.165) is 33.7 Å². The molecule has 1 saturated carbocycles. The molecule has 0 spiro atoms. The molecule has 0 bridgehead atoms. The lowest BCUT2D eigenvalue weighted by Crippen LogP contribution is -2.22. The molecule has 1 aliphatic carbocycles. The highest BCUT2D eigenvalue weighted by atomic mass is 79.9. The zero-order chi connectivity index (χ0) is 17.1. The molecule has 3 aromatic heterocycles. The van der Waals surface area contributed by atoms with Crippen molar-refractivity contribution in [2.75, 3.05) is 10.6 Å². The second kappa shape index (κ2) is 7.44. The number of hydrogen-bond donors (Lipinski definition) is 2. The molecule has 5 nitrogen and oxygen atoms in total. The van der Waals surface area contributed by atoms with Crippen LogP contribution in [-0.4, -0.2) is 20.4 Å². The van der Waals surface area contributed by atoms with Crippen molar-refractivity contribution in [2.45, 2.75) is 44.7 Å². The number of pyridine rings is 2. The van der Waals surface area contributed by atoms with Crippen LogP contribution < -0.4 is 10.6 Å². The molecule has 0 radical (unpaired) electrons. The summed E-state index contributed by atoms with van der Waals surface area (Å²) >= 11 is 3.59. The monoisotopic (exact) mass is 399 g/mol. The minimum Gasteiger partial charge on any atom is -0.381 e. The van der Waals surface area contributed by atoms with Crippen LogP contribution >= 0.6 is 15.9 Å². The van der Waals surface area contributed by atoms with E-state index in [4.69, 9.17) is 0 Å². The van der Waals surface area contributed by atoms with Gasteiger partial charge in [-0.3, -0.25) is 9.38 Å². The predicted octanol–water partition coefficient (Wildman–Crippen LogP) is 4.85. The fourth-order valence-electron chi connectivity index (χ4n) is 3.45. The van der Waals surface area contributed by atoms with Gasteiger partial charge in [0.05, 0.1) is 17.6 Å². The average molecular weight is 400 g/mol. The van der Waals surface area contributed by atoms with E-state index in [-0.39, 0.29) is 0 Å². The summed E-state index contributed by atoms with van der Waals surface area (Å²) in [5.41, 5.74) is 4.23. The number of anilines is 2. The van der Waals surface area contributed by atoms with Crippen LogP contribution in [0.5, 0.6) is 0 Å². The molecule has 1 aliphatic rings. The van der Waals surface area contributed by atoms with Gasteiger partial charge in [0, 0.05) is 31.2 Å². The highest BCUT2D eigenvalue weighted by Gasteiger charge is 2.15. The molecule has 0 aliphatic heterocycles. The molecule has 4 rings (SSSR count). The smallest absolute Gasteiger partial charge is 0.161 e. The van der Waals surface area contributed by atoms with Crippen molar-refractivity contribution in [3.05, 3.63) is 53.2 Å². The van der Waals surface area contributed by atoms with E-state index in [1.807, 2.05) is 18.5 Å². The Kier molecular flexibility index (Phi) is 4.88. The standard InChI is InChI=1S/C19H22BrN5/c20-18-12-23-19-17(22-11-14-5-4-8-21-10-14)9-16(13-25(18)19)24-15-6-2-1-3-7-15/h4-5,8-10,12-13,15,22,24H,1-3,6-7,11H2. The summed E-state index contributed by atoms with van der Waals surface area (Å²) in [6.07, 6.45) is 14.1. The third-order valence-electron chi connectivity index (χ3n) is 4.74. The van der Waals surface area contributed by atoms with Crippen LogP contribution in [0.15, 0.2) is 47.6 Å². The average Bonchev–Trinajstić information content (AvgIpc) is 3.03. The summed E-state index contributed by atoms with van der Waals surface area (Å²) in [6.45, 7) is 0.723. The number of nitrogens with one attached hydrogen (secondary N) is 2. The Labute approximate surface area is 156 Å². The first-order valence-electron chi connectivity index (χ1n) is 8.85. The van der Waals surface area contributed by atoms with Gasteiger partial charge in [-0.1, -0.05) is 25.3 Å². The highest BCUT2D eigenvalue weighted by molar-refractivity contribution is 9.10. The van der Waals surface area contributed by atoms with Gasteiger partial charge in [-0.2, -0.15) is 0 Å². The van der Waals surface area contributed by atoms with E-state index in [1.165, 1.54) is 32.1 Å². The lowest BCUT2D eigenvalue weighted by Gasteiger charge is -2.24. The van der Waals surface area contributed by atoms with Gasteiger partial charge < -0.3 is 10.6 Å². The van der Waals surface area contributed by atoms with Crippen LogP contribution in [-0.2, 0) is 6.54 Å². The Morgan fingerprint density at radius 2 is 2.08 bits per heavy atom. The molecule has 0 unspecified atom stereocenters. The molecule has 0 atom stereocenters. The molecule has 3 aromatic rings. The molecule has 0 amide bonds. The molecule has 2 N–H and O–H groups in total. The van der Waals surface area contributed by atoms with Crippen LogP contribution in [0.4, 0.5) is 11.4 Å². The lowest BCUT2D eigenvalue weighted by molar-refractivity contribution is 0.462. The van der Waals surface area contributed by atoms with E-state index in [1.54, 1.807) is 6.20 Å². The maximum absolute atomic E-state index is 4.53. The van der Waals surface area contributed by atoms with E-state index >= 15 is 0 Å². The van der Waals surface area contributed by atoms with E-state index in [2.05, 4.69) is 59.3 Å². The minimum atomic E-state index is 0.569. The zero-order valence-corrected chi connectivity index (χ0v) is 15.7. The topological polar surface area (TPSA) is 54.2 Å². The van der Waals surface area contributed by atoms with Crippen molar-refractivity contribution < 1.29 is 0 Å². The molecule has 0 aromatic carbocycles. The first-order valence-corrected chi connectivity index (χ1v) is 9.65. The third-order valence-corrected chi connectivity index (χ3v) is 5.33. The fraction of sp³-hybridized carbons (Fsp3) is 0.368. The Hall–Kier alpha value is -2.08. The number of rotatable bonds is 5. The number of aromatic nitrogens is 3. The van der Waals surface area contributed by atoms with Crippen molar-refractivity contribution in [3.63, 3.8) is 0 Å². The molecule has 25 heavy (non-hydrogen) atoms. The zero-order valence-electron chi connectivity index (χ0n) is 14.1. The summed E-state index contributed by atoms with van der Waals surface area (Å²) in [5, 5.41) is 7.22. The number of imidazole rings is 1. The van der Waals surface area contributed by atoms with Gasteiger partial charge in [0.2, 0.25) is 0 Å². The van der Waals surface area contributed by atoms with Gasteiger partial charge in [-0.15, -0.1) is 0 Å². The molecule has 130 valence electrons. The van der Waals surface area contributed by atoms with Crippen molar-refractivity contribution in [2.24, 2.45) is 0 Å². The highest BCUT2D eigenvalue weighted by Crippen LogP contribution is 2.28. The molecule has 3 heterocycles. The quantitative estimate of drug-likeness (QED) is 0.643. The first kappa shape index (κ1) is 16.4. The molecule has 1 fully saturated rings. The summed E-state index contributed by atoms with van der Waals surface area (Å²) < 4.78 is 3.04. The van der Waals surface area contributed by atoms with Gasteiger partial charge >= 0.3 is 0 Å². The van der Waals surface area contributed by atoms with Crippen LogP contribution in [0, 0.1) is 0 Å². The first-order chi connectivity index (χ1) is 12.3. The van der Waals surface area contributed by atoms with Gasteiger partial charge in [-0.25, -0.2) is 4.98 Å². The number of fused-ring (bicyclic) bond motifs is 1. The van der Waals surface area contributed by atoms with E-state index in [9.17, 15) is 0 Å². The molecule has 0 saturated heterocycles. The minimum absolute atomic E-state index is 0.569. The SMILES string of the molecule is Brc1cnc2c(NCc3cccnc3)cc(NC3CCCCC3)cn12. The maximum atomic E-state index is 4.53. The van der Waals surface area contributed by atoms with E-state index in [0.29, 0.717) is 6.04 Å². The summed E-state index contributed by atoms with van der Waals surface area (Å²) in [7, 11) is 0. The Morgan fingerprint density at radius 1 is 1.20 bits per heavy atom. The Balaban J connectivity index is 1.59. The predicted molar refractivity (Wildman–Crippen MR) is 105 cm³/mol. The third kappa shape index (κ3) is 3.79. The van der Waals surface area contributed by atoms with Gasteiger partial charge in [0.1, 0.15) is 4.60 Å². The van der Waals surface area contributed by atoms with Gasteiger partial charge in [0.15, 0.2) is 5.65 Å². The van der Waals surface area contributed by atoms with Crippen molar-refractivity contribution >= 4 is 33.0 Å². The van der Waals surface area contributed by atoms with Crippen LogP contribution in [0.2, 0.25) is 0 Å².